The molecule has 0 aliphatic rings. The van der Waals surface area contributed by atoms with Gasteiger partial charge in [0.2, 0.25) is 0 Å². The fraction of sp³-hybridized carbons (Fsp3) is 1.00. The zero-order valence-electron chi connectivity index (χ0n) is 10.8. The van der Waals surface area contributed by atoms with Crippen LogP contribution in [0.1, 0.15) is 55.4 Å². The Balaban J connectivity index is 5.06. The van der Waals surface area contributed by atoms with Gasteiger partial charge in [-0.05, 0) is 0 Å². The first-order valence-electron chi connectivity index (χ1n) is 5.77. The van der Waals surface area contributed by atoms with Gasteiger partial charge in [0.05, 0.1) is 0 Å². The molecule has 0 saturated heterocycles. The van der Waals surface area contributed by atoms with Crippen LogP contribution in [0.3, 0.4) is 0 Å². The fourth-order valence-electron chi connectivity index (χ4n) is 4.00. The van der Waals surface area contributed by atoms with Gasteiger partial charge in [-0.3, -0.25) is 0 Å². The van der Waals surface area contributed by atoms with Gasteiger partial charge in [0.15, 0.2) is 0 Å². The van der Waals surface area contributed by atoms with Crippen molar-refractivity contribution in [2.24, 2.45) is 0 Å². The first kappa shape index (κ1) is 13.9. The Morgan fingerprint density at radius 3 is 0.615 bits per heavy atom. The van der Waals surface area contributed by atoms with Crippen LogP contribution in [-0.4, -0.2) is 0 Å². The molecule has 0 spiro atoms. The Morgan fingerprint density at radius 2 is 0.615 bits per heavy atom. The second kappa shape index (κ2) is 5.10. The molecular weight excluding hydrogens is 235 g/mol. The Kier molecular flexibility index (Phi) is 5.45. The molecule has 0 amide bonds. The minimum absolute atomic E-state index is 0.981. The molecule has 0 radical (unpaired) electrons. The SMILES string of the molecule is C[CH](C)[Zr]([CH](C)C)([CH](C)C)[CH](C)C. The normalized spacial score (nSPS) is 13.8. The molecule has 0 unspecified atom stereocenters. The summed E-state index contributed by atoms with van der Waals surface area (Å²) in [5, 5.41) is 0. The van der Waals surface area contributed by atoms with E-state index in [9.17, 15) is 0 Å². The van der Waals surface area contributed by atoms with E-state index in [0.29, 0.717) is 0 Å². The number of hydrogen-bond acceptors (Lipinski definition) is 0. The summed E-state index contributed by atoms with van der Waals surface area (Å²) < 4.78 is 3.92. The third kappa shape index (κ3) is 2.46. The molecule has 0 saturated carbocycles. The standard InChI is InChI=1S/4C3H7.Zr/c4*1-3-2;/h4*3H,1-2H3;. The molecule has 0 aliphatic carbocycles. The molecule has 0 heterocycles. The molecule has 0 aromatic heterocycles. The predicted molar refractivity (Wildman–Crippen MR) is 60.4 cm³/mol. The molecule has 0 aromatic rings. The summed E-state index contributed by atoms with van der Waals surface area (Å²) in [6.07, 6.45) is 0. The first-order valence-corrected chi connectivity index (χ1v) is 11.5. The fourth-order valence-corrected chi connectivity index (χ4v) is 23.7. The maximum absolute atomic E-state index is 2.47. The van der Waals surface area contributed by atoms with Crippen LogP contribution in [0.5, 0.6) is 0 Å². The summed E-state index contributed by atoms with van der Waals surface area (Å²) in [6.45, 7) is 19.7. The average Bonchev–Trinajstić information content (AvgIpc) is 1.82. The Labute approximate surface area is 89.9 Å². The molecule has 0 rings (SSSR count). The molecule has 1 heteroatoms. The van der Waals surface area contributed by atoms with Gasteiger partial charge in [-0.1, -0.05) is 0 Å². The van der Waals surface area contributed by atoms with E-state index < -0.39 is 20.3 Å². The number of rotatable bonds is 4. The second-order valence-corrected chi connectivity index (χ2v) is 21.9. The van der Waals surface area contributed by atoms with Crippen molar-refractivity contribution in [3.63, 3.8) is 0 Å². The van der Waals surface area contributed by atoms with Crippen LogP contribution in [0.4, 0.5) is 0 Å². The van der Waals surface area contributed by atoms with Crippen molar-refractivity contribution in [1.82, 2.24) is 0 Å². The summed E-state index contributed by atoms with van der Waals surface area (Å²) in [5.74, 6) is 0. The van der Waals surface area contributed by atoms with E-state index in [1.807, 2.05) is 0 Å². The van der Waals surface area contributed by atoms with Crippen molar-refractivity contribution in [1.29, 1.82) is 0 Å². The van der Waals surface area contributed by atoms with Crippen LogP contribution in [0.25, 0.3) is 0 Å². The van der Waals surface area contributed by atoms with Crippen molar-refractivity contribution in [3.05, 3.63) is 0 Å². The van der Waals surface area contributed by atoms with E-state index in [0.717, 1.165) is 14.5 Å². The molecule has 0 N–H and O–H groups in total. The van der Waals surface area contributed by atoms with Crippen LogP contribution in [0.15, 0.2) is 0 Å². The van der Waals surface area contributed by atoms with E-state index in [-0.39, 0.29) is 0 Å². The van der Waals surface area contributed by atoms with Gasteiger partial charge in [-0.2, -0.15) is 0 Å². The van der Waals surface area contributed by atoms with Crippen LogP contribution in [-0.2, 0) is 20.3 Å². The third-order valence-electron chi connectivity index (χ3n) is 4.00. The van der Waals surface area contributed by atoms with Gasteiger partial charge in [-0.25, -0.2) is 0 Å². The molecule has 13 heavy (non-hydrogen) atoms. The Morgan fingerprint density at radius 1 is 0.462 bits per heavy atom. The average molecular weight is 264 g/mol. The summed E-state index contributed by atoms with van der Waals surface area (Å²) >= 11 is -1.93. The zero-order chi connectivity index (χ0) is 10.8. The van der Waals surface area contributed by atoms with Crippen molar-refractivity contribution in [2.45, 2.75) is 69.9 Å². The van der Waals surface area contributed by atoms with E-state index >= 15 is 0 Å². The summed E-state index contributed by atoms with van der Waals surface area (Å²) in [5.41, 5.74) is 0. The minimum atomic E-state index is -1.93. The second-order valence-electron chi connectivity index (χ2n) is 5.62. The van der Waals surface area contributed by atoms with E-state index in [1.165, 1.54) is 0 Å². The third-order valence-corrected chi connectivity index (χ3v) is 23.7. The molecular formula is C12H28Zr. The van der Waals surface area contributed by atoms with Crippen molar-refractivity contribution in [3.8, 4) is 0 Å². The Bertz CT molecular complexity index is 108. The molecule has 0 bridgehead atoms. The topological polar surface area (TPSA) is 0 Å². The van der Waals surface area contributed by atoms with Crippen LogP contribution >= 0.6 is 0 Å². The van der Waals surface area contributed by atoms with E-state index in [2.05, 4.69) is 55.4 Å². The molecule has 0 aliphatic heterocycles. The van der Waals surface area contributed by atoms with Gasteiger partial charge >= 0.3 is 90.2 Å². The van der Waals surface area contributed by atoms with E-state index in [4.69, 9.17) is 0 Å². The van der Waals surface area contributed by atoms with E-state index in [1.54, 1.807) is 0 Å². The van der Waals surface area contributed by atoms with Gasteiger partial charge < -0.3 is 0 Å². The van der Waals surface area contributed by atoms with Crippen molar-refractivity contribution >= 4 is 0 Å². The van der Waals surface area contributed by atoms with Crippen LogP contribution in [0.2, 0.25) is 14.5 Å². The van der Waals surface area contributed by atoms with Crippen molar-refractivity contribution in [2.75, 3.05) is 0 Å². The predicted octanol–water partition coefficient (Wildman–Crippen LogP) is 5.45. The Hall–Kier alpha value is 0.883. The number of hydrogen-bond donors (Lipinski definition) is 0. The summed E-state index contributed by atoms with van der Waals surface area (Å²) in [6, 6.07) is 0. The molecule has 80 valence electrons. The van der Waals surface area contributed by atoms with Crippen LogP contribution < -0.4 is 0 Å². The van der Waals surface area contributed by atoms with Gasteiger partial charge in [0.1, 0.15) is 0 Å². The maximum atomic E-state index is 2.47. The quantitative estimate of drug-likeness (QED) is 0.632. The monoisotopic (exact) mass is 262 g/mol. The van der Waals surface area contributed by atoms with Gasteiger partial charge in [0.25, 0.3) is 0 Å². The first-order chi connectivity index (χ1) is 5.77. The van der Waals surface area contributed by atoms with Crippen molar-refractivity contribution < 1.29 is 20.3 Å². The molecule has 0 nitrogen and oxygen atoms in total. The molecule has 0 atom stereocenters. The molecule has 0 aromatic carbocycles. The molecule has 0 fully saturated rings. The van der Waals surface area contributed by atoms with Crippen LogP contribution in [0, 0.1) is 0 Å². The summed E-state index contributed by atoms with van der Waals surface area (Å²) in [4.78, 5) is 0. The summed E-state index contributed by atoms with van der Waals surface area (Å²) in [7, 11) is 0. The van der Waals surface area contributed by atoms with Gasteiger partial charge in [-0.15, -0.1) is 0 Å². The zero-order valence-corrected chi connectivity index (χ0v) is 13.3. The van der Waals surface area contributed by atoms with Gasteiger partial charge in [0, 0.05) is 0 Å².